The Bertz CT molecular complexity index is 1430. The maximum absolute atomic E-state index is 13.3. The van der Waals surface area contributed by atoms with Gasteiger partial charge in [-0.1, -0.05) is 48.0 Å². The third-order valence-corrected chi connectivity index (χ3v) is 8.66. The maximum Gasteiger partial charge on any atom is 0.269 e. The van der Waals surface area contributed by atoms with Gasteiger partial charge in [-0.2, -0.15) is 0 Å². The molecule has 1 aliphatic heterocycles. The first-order valence-corrected chi connectivity index (χ1v) is 13.4. The van der Waals surface area contributed by atoms with Gasteiger partial charge in [-0.15, -0.1) is 0 Å². The molecule has 1 N–H and O–H groups in total. The molecule has 5 rings (SSSR count). The summed E-state index contributed by atoms with van der Waals surface area (Å²) in [7, 11) is -3.76. The smallest absolute Gasteiger partial charge is 0.269 e. The molecule has 0 radical (unpaired) electrons. The molecule has 2 aromatic heterocycles. The van der Waals surface area contributed by atoms with Crippen molar-refractivity contribution >= 4 is 26.9 Å². The summed E-state index contributed by atoms with van der Waals surface area (Å²) < 4.78 is 27.8. The fourth-order valence-electron chi connectivity index (χ4n) is 4.74. The highest BCUT2D eigenvalue weighted by Gasteiger charge is 2.34. The molecule has 1 atom stereocenters. The average molecular weight is 490 g/mol. The topological polar surface area (TPSA) is 80.1 Å². The SMILES string of the molecule is Cc1ccc(S(=O)(=O)n2ccc3c(NC4CCC(C)(C)N(Cc5ccccc5)C4)ncnc32)cc1. The second-order valence-electron chi connectivity index (χ2n) is 9.95. The number of nitrogens with one attached hydrogen (secondary N) is 1. The molecule has 8 heteroatoms. The number of aryl methyl sites for hydroxylation is 1. The molecule has 1 unspecified atom stereocenters. The molecule has 0 aliphatic carbocycles. The summed E-state index contributed by atoms with van der Waals surface area (Å²) in [5, 5.41) is 4.29. The first kappa shape index (κ1) is 23.5. The summed E-state index contributed by atoms with van der Waals surface area (Å²) in [6, 6.07) is 19.4. The second kappa shape index (κ2) is 9.09. The predicted octanol–water partition coefficient (Wildman–Crippen LogP) is 4.83. The first-order valence-electron chi connectivity index (χ1n) is 11.9. The Labute approximate surface area is 206 Å². The van der Waals surface area contributed by atoms with E-state index < -0.39 is 10.0 Å². The van der Waals surface area contributed by atoms with Crippen molar-refractivity contribution in [2.75, 3.05) is 11.9 Å². The molecule has 0 saturated carbocycles. The van der Waals surface area contributed by atoms with Gasteiger partial charge in [-0.3, -0.25) is 4.90 Å². The summed E-state index contributed by atoms with van der Waals surface area (Å²) >= 11 is 0. The Balaban J connectivity index is 1.40. The minimum absolute atomic E-state index is 0.0977. The Morgan fingerprint density at radius 2 is 1.77 bits per heavy atom. The number of hydrogen-bond acceptors (Lipinski definition) is 6. The molecule has 1 saturated heterocycles. The summed E-state index contributed by atoms with van der Waals surface area (Å²) in [6.07, 6.45) is 5.05. The third kappa shape index (κ3) is 4.68. The molecule has 182 valence electrons. The zero-order chi connectivity index (χ0) is 24.6. The lowest BCUT2D eigenvalue weighted by molar-refractivity contribution is 0.0625. The highest BCUT2D eigenvalue weighted by Crippen LogP contribution is 2.32. The van der Waals surface area contributed by atoms with Crippen molar-refractivity contribution in [2.24, 2.45) is 0 Å². The number of fused-ring (bicyclic) bond motifs is 1. The number of rotatable bonds is 6. The number of benzene rings is 2. The van der Waals surface area contributed by atoms with Gasteiger partial charge in [0.05, 0.1) is 10.3 Å². The van der Waals surface area contributed by atoms with Gasteiger partial charge in [-0.05, 0) is 57.4 Å². The largest absolute Gasteiger partial charge is 0.365 e. The van der Waals surface area contributed by atoms with E-state index in [-0.39, 0.29) is 16.5 Å². The molecule has 35 heavy (non-hydrogen) atoms. The lowest BCUT2D eigenvalue weighted by Crippen LogP contribution is -2.53. The van der Waals surface area contributed by atoms with Crippen molar-refractivity contribution in [1.82, 2.24) is 18.8 Å². The molecule has 3 heterocycles. The fourth-order valence-corrected chi connectivity index (χ4v) is 6.05. The van der Waals surface area contributed by atoms with Crippen molar-refractivity contribution in [3.8, 4) is 0 Å². The lowest BCUT2D eigenvalue weighted by Gasteiger charge is -2.46. The van der Waals surface area contributed by atoms with Gasteiger partial charge in [0.2, 0.25) is 0 Å². The molecule has 2 aromatic carbocycles. The number of nitrogens with zero attached hydrogens (tertiary/aromatic N) is 4. The highest BCUT2D eigenvalue weighted by molar-refractivity contribution is 7.90. The van der Waals surface area contributed by atoms with Crippen LogP contribution in [-0.2, 0) is 16.6 Å². The van der Waals surface area contributed by atoms with Gasteiger partial charge in [-0.25, -0.2) is 22.4 Å². The Kier molecular flexibility index (Phi) is 6.11. The van der Waals surface area contributed by atoms with Crippen LogP contribution in [-0.4, -0.2) is 45.4 Å². The lowest BCUT2D eigenvalue weighted by atomic mass is 9.87. The molecule has 1 aliphatic rings. The van der Waals surface area contributed by atoms with Crippen LogP contribution in [0.25, 0.3) is 11.0 Å². The van der Waals surface area contributed by atoms with Gasteiger partial charge in [0.25, 0.3) is 10.0 Å². The van der Waals surface area contributed by atoms with E-state index >= 15 is 0 Å². The molecule has 1 fully saturated rings. The zero-order valence-corrected chi connectivity index (χ0v) is 21.2. The van der Waals surface area contributed by atoms with Gasteiger partial charge >= 0.3 is 0 Å². The van der Waals surface area contributed by atoms with Gasteiger partial charge in [0, 0.05) is 30.9 Å². The quantitative estimate of drug-likeness (QED) is 0.418. The molecule has 0 amide bonds. The Morgan fingerprint density at radius 1 is 1.03 bits per heavy atom. The van der Waals surface area contributed by atoms with Crippen LogP contribution in [0.1, 0.15) is 37.8 Å². The van der Waals surface area contributed by atoms with Crippen LogP contribution in [0.4, 0.5) is 5.82 Å². The van der Waals surface area contributed by atoms with Gasteiger partial charge in [0.1, 0.15) is 12.1 Å². The van der Waals surface area contributed by atoms with E-state index in [4.69, 9.17) is 0 Å². The fraction of sp³-hybridized carbons (Fsp3) is 0.333. The maximum atomic E-state index is 13.3. The summed E-state index contributed by atoms with van der Waals surface area (Å²) in [5.74, 6) is 0.664. The first-order chi connectivity index (χ1) is 16.7. The van der Waals surface area contributed by atoms with Crippen molar-refractivity contribution < 1.29 is 8.42 Å². The monoisotopic (exact) mass is 489 g/mol. The van der Waals surface area contributed by atoms with Gasteiger partial charge in [0.15, 0.2) is 5.65 Å². The number of piperidine rings is 1. The predicted molar refractivity (Wildman–Crippen MR) is 139 cm³/mol. The summed E-state index contributed by atoms with van der Waals surface area (Å²) in [5.41, 5.74) is 2.77. The van der Waals surface area contributed by atoms with Crippen LogP contribution in [0.2, 0.25) is 0 Å². The van der Waals surface area contributed by atoms with Crippen LogP contribution in [0.3, 0.4) is 0 Å². The standard InChI is InChI=1S/C27H31N5O2S/c1-20-9-11-23(12-10-20)35(33,34)32-16-14-24-25(28-19-29-26(24)32)30-22-13-15-27(2,3)31(18-22)17-21-7-5-4-6-8-21/h4-12,14,16,19,22H,13,15,17-18H2,1-3H3,(H,28,29,30). The van der Waals surface area contributed by atoms with E-state index in [1.54, 1.807) is 36.5 Å². The van der Waals surface area contributed by atoms with E-state index in [0.29, 0.717) is 16.9 Å². The number of likely N-dealkylation sites (tertiary alicyclic amines) is 1. The Hall–Kier alpha value is -3.23. The Morgan fingerprint density at radius 3 is 2.51 bits per heavy atom. The average Bonchev–Trinajstić information content (AvgIpc) is 3.28. The van der Waals surface area contributed by atoms with Crippen LogP contribution in [0, 0.1) is 6.92 Å². The van der Waals surface area contributed by atoms with E-state index in [9.17, 15) is 8.42 Å². The third-order valence-electron chi connectivity index (χ3n) is 6.98. The van der Waals surface area contributed by atoms with Crippen LogP contribution >= 0.6 is 0 Å². The minimum atomic E-state index is -3.76. The van der Waals surface area contributed by atoms with Crippen molar-refractivity contribution in [3.63, 3.8) is 0 Å². The number of anilines is 1. The van der Waals surface area contributed by atoms with Gasteiger partial charge < -0.3 is 5.32 Å². The molecule has 7 nitrogen and oxygen atoms in total. The van der Waals surface area contributed by atoms with E-state index in [1.165, 1.54) is 15.9 Å². The zero-order valence-electron chi connectivity index (χ0n) is 20.3. The van der Waals surface area contributed by atoms with Crippen molar-refractivity contribution in [2.45, 2.75) is 56.6 Å². The van der Waals surface area contributed by atoms with Crippen LogP contribution in [0.15, 0.2) is 78.1 Å². The summed E-state index contributed by atoms with van der Waals surface area (Å²) in [6.45, 7) is 8.28. The van der Waals surface area contributed by atoms with Crippen molar-refractivity contribution in [3.05, 3.63) is 84.3 Å². The van der Waals surface area contributed by atoms with E-state index in [0.717, 1.165) is 31.5 Å². The minimum Gasteiger partial charge on any atom is -0.365 e. The molecule has 0 spiro atoms. The normalized spacial score (nSPS) is 18.5. The molecule has 0 bridgehead atoms. The number of aromatic nitrogens is 3. The second-order valence-corrected chi connectivity index (χ2v) is 11.8. The molecule has 4 aromatic rings. The van der Waals surface area contributed by atoms with E-state index in [2.05, 4.69) is 58.3 Å². The molecular weight excluding hydrogens is 458 g/mol. The number of hydrogen-bond donors (Lipinski definition) is 1. The molecular formula is C27H31N5O2S. The van der Waals surface area contributed by atoms with Crippen molar-refractivity contribution in [1.29, 1.82) is 0 Å². The van der Waals surface area contributed by atoms with E-state index in [1.807, 2.05) is 13.0 Å². The van der Waals surface area contributed by atoms with Crippen LogP contribution < -0.4 is 5.32 Å². The highest BCUT2D eigenvalue weighted by atomic mass is 32.2. The summed E-state index contributed by atoms with van der Waals surface area (Å²) in [4.78, 5) is 11.5. The van der Waals surface area contributed by atoms with Crippen LogP contribution in [0.5, 0.6) is 0 Å².